The minimum atomic E-state index is -0.165. The summed E-state index contributed by atoms with van der Waals surface area (Å²) in [5.74, 6) is 0.990. The van der Waals surface area contributed by atoms with Crippen molar-refractivity contribution in [1.82, 2.24) is 14.5 Å². The lowest BCUT2D eigenvalue weighted by Gasteiger charge is -2.11. The van der Waals surface area contributed by atoms with E-state index in [0.29, 0.717) is 5.69 Å². The summed E-state index contributed by atoms with van der Waals surface area (Å²) >= 11 is 3.33. The van der Waals surface area contributed by atoms with Crippen LogP contribution >= 0.6 is 15.9 Å². The molecule has 0 saturated carbocycles. The van der Waals surface area contributed by atoms with Crippen molar-refractivity contribution in [3.8, 4) is 11.3 Å². The van der Waals surface area contributed by atoms with Crippen LogP contribution in [-0.2, 0) is 13.0 Å². The minimum Gasteiger partial charge on any atom is -0.356 e. The Labute approximate surface area is 148 Å². The van der Waals surface area contributed by atoms with Crippen molar-refractivity contribution >= 4 is 27.5 Å². The predicted octanol–water partition coefficient (Wildman–Crippen LogP) is 4.23. The Morgan fingerprint density at radius 1 is 1.29 bits per heavy atom. The molecule has 0 aliphatic carbocycles. The van der Waals surface area contributed by atoms with Crippen LogP contribution in [0.3, 0.4) is 0 Å². The number of amides is 1. The van der Waals surface area contributed by atoms with Crippen LogP contribution in [0.15, 0.2) is 47.2 Å². The van der Waals surface area contributed by atoms with Gasteiger partial charge < -0.3 is 14.9 Å². The lowest BCUT2D eigenvalue weighted by Crippen LogP contribution is -2.12. The van der Waals surface area contributed by atoms with Gasteiger partial charge in [-0.25, -0.2) is 4.98 Å². The molecule has 4 rings (SSSR count). The van der Waals surface area contributed by atoms with Gasteiger partial charge in [-0.2, -0.15) is 0 Å². The highest BCUT2D eigenvalue weighted by Crippen LogP contribution is 2.25. The zero-order valence-corrected chi connectivity index (χ0v) is 14.6. The molecule has 1 aliphatic heterocycles. The lowest BCUT2D eigenvalue weighted by molar-refractivity contribution is 0.102. The number of aryl methyl sites for hydroxylation is 2. The highest BCUT2D eigenvalue weighted by atomic mass is 79.9. The number of aromatic amines is 1. The molecule has 1 aliphatic rings. The molecule has 0 spiro atoms. The maximum Gasteiger partial charge on any atom is 0.272 e. The topological polar surface area (TPSA) is 62.7 Å². The van der Waals surface area contributed by atoms with Crippen molar-refractivity contribution in [2.24, 2.45) is 0 Å². The molecule has 24 heavy (non-hydrogen) atoms. The number of hydrogen-bond acceptors (Lipinski definition) is 2. The third kappa shape index (κ3) is 3.01. The molecule has 5 nitrogen and oxygen atoms in total. The van der Waals surface area contributed by atoms with E-state index in [-0.39, 0.29) is 5.91 Å². The lowest BCUT2D eigenvalue weighted by atomic mass is 10.1. The number of aromatic nitrogens is 3. The van der Waals surface area contributed by atoms with Crippen LogP contribution in [0.2, 0.25) is 0 Å². The normalized spacial score (nSPS) is 13.5. The van der Waals surface area contributed by atoms with Gasteiger partial charge in [0.15, 0.2) is 0 Å². The number of hydrogen-bond donors (Lipinski definition) is 2. The Hall–Kier alpha value is -2.34. The van der Waals surface area contributed by atoms with Crippen molar-refractivity contribution in [1.29, 1.82) is 0 Å². The number of anilines is 1. The summed E-state index contributed by atoms with van der Waals surface area (Å²) in [6.07, 6.45) is 7.31. The van der Waals surface area contributed by atoms with E-state index >= 15 is 0 Å². The maximum absolute atomic E-state index is 12.3. The van der Waals surface area contributed by atoms with Crippen molar-refractivity contribution in [2.45, 2.75) is 25.8 Å². The number of carbonyl (C=O) groups excluding carboxylic acids is 1. The molecule has 0 fully saturated rings. The van der Waals surface area contributed by atoms with Crippen LogP contribution in [0.4, 0.5) is 5.69 Å². The fourth-order valence-corrected chi connectivity index (χ4v) is 3.35. The smallest absolute Gasteiger partial charge is 0.272 e. The number of nitrogens with zero attached hydrogens (tertiary/aromatic N) is 2. The fraction of sp³-hybridized carbons (Fsp3) is 0.222. The van der Waals surface area contributed by atoms with Crippen LogP contribution in [0.1, 0.15) is 29.2 Å². The van der Waals surface area contributed by atoms with Crippen LogP contribution in [0, 0.1) is 0 Å². The van der Waals surface area contributed by atoms with Crippen molar-refractivity contribution in [3.05, 3.63) is 58.7 Å². The molecule has 0 radical (unpaired) electrons. The van der Waals surface area contributed by atoms with Gasteiger partial charge in [0.1, 0.15) is 11.5 Å². The number of benzene rings is 1. The van der Waals surface area contributed by atoms with E-state index in [1.165, 1.54) is 12.8 Å². The molecular weight excluding hydrogens is 368 g/mol. The SMILES string of the molecule is O=C(Nc1cccc(-c2cn3c(n2)CCCC3)c1)c1cc(Br)c[nH]1. The van der Waals surface area contributed by atoms with Crippen LogP contribution in [-0.4, -0.2) is 20.4 Å². The van der Waals surface area contributed by atoms with Crippen LogP contribution in [0.5, 0.6) is 0 Å². The molecule has 0 saturated heterocycles. The molecule has 1 amide bonds. The van der Waals surface area contributed by atoms with Crippen molar-refractivity contribution in [2.75, 3.05) is 5.32 Å². The molecular formula is C18H17BrN4O. The highest BCUT2D eigenvalue weighted by molar-refractivity contribution is 9.10. The van der Waals surface area contributed by atoms with Gasteiger partial charge in [0.05, 0.1) is 5.69 Å². The molecule has 3 heterocycles. The summed E-state index contributed by atoms with van der Waals surface area (Å²) in [5, 5.41) is 2.92. The van der Waals surface area contributed by atoms with E-state index in [4.69, 9.17) is 4.98 Å². The molecule has 2 aromatic heterocycles. The molecule has 1 aromatic carbocycles. The second-order valence-corrected chi connectivity index (χ2v) is 6.88. The Kier molecular flexibility index (Phi) is 3.98. The first-order chi connectivity index (χ1) is 11.7. The average molecular weight is 385 g/mol. The first kappa shape index (κ1) is 15.2. The minimum absolute atomic E-state index is 0.165. The maximum atomic E-state index is 12.3. The number of fused-ring (bicyclic) bond motifs is 1. The first-order valence-electron chi connectivity index (χ1n) is 8.01. The predicted molar refractivity (Wildman–Crippen MR) is 97.0 cm³/mol. The average Bonchev–Trinajstić information content (AvgIpc) is 3.21. The zero-order chi connectivity index (χ0) is 16.5. The zero-order valence-electron chi connectivity index (χ0n) is 13.1. The Morgan fingerprint density at radius 3 is 3.00 bits per heavy atom. The quantitative estimate of drug-likeness (QED) is 0.709. The summed E-state index contributed by atoms with van der Waals surface area (Å²) in [5.41, 5.74) is 3.26. The Bertz CT molecular complexity index is 873. The number of halogens is 1. The summed E-state index contributed by atoms with van der Waals surface area (Å²) in [6, 6.07) is 9.56. The molecule has 0 atom stereocenters. The summed E-state index contributed by atoms with van der Waals surface area (Å²) in [7, 11) is 0. The summed E-state index contributed by atoms with van der Waals surface area (Å²) in [4.78, 5) is 19.9. The van der Waals surface area contributed by atoms with Crippen LogP contribution in [0.25, 0.3) is 11.3 Å². The largest absolute Gasteiger partial charge is 0.356 e. The second kappa shape index (κ2) is 6.28. The van der Waals surface area contributed by atoms with Gasteiger partial charge in [-0.15, -0.1) is 0 Å². The van der Waals surface area contributed by atoms with Gasteiger partial charge in [0, 0.05) is 41.1 Å². The Balaban J connectivity index is 1.57. The standard InChI is InChI=1S/C18H17BrN4O/c19-13-9-15(20-10-13)18(24)21-14-5-3-4-12(8-14)16-11-23-7-2-1-6-17(23)22-16/h3-5,8-11,20H,1-2,6-7H2,(H,21,24). The van der Waals surface area contributed by atoms with Gasteiger partial charge >= 0.3 is 0 Å². The van der Waals surface area contributed by atoms with E-state index < -0.39 is 0 Å². The molecule has 2 N–H and O–H groups in total. The summed E-state index contributed by atoms with van der Waals surface area (Å²) < 4.78 is 3.09. The van der Waals surface area contributed by atoms with Gasteiger partial charge in [-0.3, -0.25) is 4.79 Å². The third-order valence-electron chi connectivity index (χ3n) is 4.22. The van der Waals surface area contributed by atoms with Crippen molar-refractivity contribution in [3.63, 3.8) is 0 Å². The van der Waals surface area contributed by atoms with Crippen molar-refractivity contribution < 1.29 is 4.79 Å². The number of rotatable bonds is 3. The number of H-pyrrole nitrogens is 1. The van der Waals surface area contributed by atoms with Gasteiger partial charge in [0.2, 0.25) is 0 Å². The number of carbonyl (C=O) groups is 1. The van der Waals surface area contributed by atoms with E-state index in [0.717, 1.165) is 40.2 Å². The second-order valence-electron chi connectivity index (χ2n) is 5.96. The van der Waals surface area contributed by atoms with Gasteiger partial charge in [0.25, 0.3) is 5.91 Å². The number of imidazole rings is 1. The molecule has 0 unspecified atom stereocenters. The van der Waals surface area contributed by atoms with E-state index in [9.17, 15) is 4.79 Å². The molecule has 6 heteroatoms. The van der Waals surface area contributed by atoms with Gasteiger partial charge in [-0.05, 0) is 47.0 Å². The highest BCUT2D eigenvalue weighted by Gasteiger charge is 2.14. The monoisotopic (exact) mass is 384 g/mol. The molecule has 3 aromatic rings. The molecule has 0 bridgehead atoms. The first-order valence-corrected chi connectivity index (χ1v) is 8.80. The number of nitrogens with one attached hydrogen (secondary N) is 2. The molecule has 122 valence electrons. The van der Waals surface area contributed by atoms with Gasteiger partial charge in [-0.1, -0.05) is 12.1 Å². The third-order valence-corrected chi connectivity index (χ3v) is 4.68. The fourth-order valence-electron chi connectivity index (χ4n) is 3.01. The summed E-state index contributed by atoms with van der Waals surface area (Å²) in [6.45, 7) is 1.04. The van der Waals surface area contributed by atoms with E-state index in [2.05, 4.69) is 37.0 Å². The van der Waals surface area contributed by atoms with E-state index in [1.54, 1.807) is 12.3 Å². The van der Waals surface area contributed by atoms with E-state index in [1.807, 2.05) is 24.3 Å². The van der Waals surface area contributed by atoms with Crippen LogP contribution < -0.4 is 5.32 Å². The Morgan fingerprint density at radius 2 is 2.21 bits per heavy atom.